The number of halogens is 2. The molecule has 2 rings (SSSR count). The minimum absolute atomic E-state index is 0.577. The van der Waals surface area contributed by atoms with Crippen molar-refractivity contribution < 1.29 is 4.74 Å². The average Bonchev–Trinajstić information content (AvgIpc) is 2.86. The van der Waals surface area contributed by atoms with Crippen molar-refractivity contribution in [1.29, 1.82) is 0 Å². The van der Waals surface area contributed by atoms with Gasteiger partial charge in [0.2, 0.25) is 0 Å². The van der Waals surface area contributed by atoms with Crippen LogP contribution in [0.5, 0.6) is 0 Å². The summed E-state index contributed by atoms with van der Waals surface area (Å²) < 4.78 is 6.56. The van der Waals surface area contributed by atoms with E-state index in [4.69, 9.17) is 27.9 Å². The van der Waals surface area contributed by atoms with E-state index in [1.165, 1.54) is 0 Å². The molecule has 0 radical (unpaired) electrons. The summed E-state index contributed by atoms with van der Waals surface area (Å²) in [4.78, 5) is 0. The third-order valence-electron chi connectivity index (χ3n) is 2.48. The van der Waals surface area contributed by atoms with E-state index in [0.717, 1.165) is 12.2 Å². The Morgan fingerprint density at radius 2 is 2.21 bits per heavy atom. The van der Waals surface area contributed by atoms with E-state index in [-0.39, 0.29) is 0 Å². The Labute approximate surface area is 121 Å². The third kappa shape index (κ3) is 3.91. The molecule has 0 bridgehead atoms. The quantitative estimate of drug-likeness (QED) is 0.832. The number of methoxy groups -OCH3 is 1. The van der Waals surface area contributed by atoms with Crippen LogP contribution in [-0.2, 0) is 11.3 Å². The van der Waals surface area contributed by atoms with Gasteiger partial charge in [0.15, 0.2) is 0 Å². The molecule has 0 aliphatic carbocycles. The summed E-state index contributed by atoms with van der Waals surface area (Å²) in [6.07, 6.45) is 1.82. The zero-order valence-corrected chi connectivity index (χ0v) is 11.9. The van der Waals surface area contributed by atoms with Crippen LogP contribution < -0.4 is 5.32 Å². The Balaban J connectivity index is 2.06. The molecule has 1 aromatic carbocycles. The first kappa shape index (κ1) is 14.3. The van der Waals surface area contributed by atoms with E-state index < -0.39 is 0 Å². The molecule has 0 spiro atoms. The standard InChI is InChI=1S/C12H14Cl2N4O/c1-19-5-4-15-7-10-8-18(17-16-10)12-6-9(13)2-3-11(12)14/h2-3,6,8,15H,4-5,7H2,1H3. The van der Waals surface area contributed by atoms with Crippen molar-refractivity contribution in [2.24, 2.45) is 0 Å². The van der Waals surface area contributed by atoms with Gasteiger partial charge in [-0.15, -0.1) is 5.10 Å². The fraction of sp³-hybridized carbons (Fsp3) is 0.333. The normalized spacial score (nSPS) is 10.9. The predicted octanol–water partition coefficient (Wildman–Crippen LogP) is 2.31. The number of hydrogen-bond donors (Lipinski definition) is 1. The molecule has 0 atom stereocenters. The zero-order valence-electron chi connectivity index (χ0n) is 10.4. The Hall–Kier alpha value is -1.14. The number of nitrogens with zero attached hydrogens (tertiary/aromatic N) is 3. The van der Waals surface area contributed by atoms with Crippen LogP contribution in [0.25, 0.3) is 5.69 Å². The molecule has 0 unspecified atom stereocenters. The molecule has 5 nitrogen and oxygen atoms in total. The van der Waals surface area contributed by atoms with Gasteiger partial charge in [-0.3, -0.25) is 0 Å². The Morgan fingerprint density at radius 1 is 1.37 bits per heavy atom. The number of hydrogen-bond acceptors (Lipinski definition) is 4. The lowest BCUT2D eigenvalue weighted by Crippen LogP contribution is -2.18. The van der Waals surface area contributed by atoms with Crippen LogP contribution in [0.1, 0.15) is 5.69 Å². The van der Waals surface area contributed by atoms with E-state index in [1.54, 1.807) is 30.0 Å². The highest BCUT2D eigenvalue weighted by molar-refractivity contribution is 6.34. The van der Waals surface area contributed by atoms with Gasteiger partial charge < -0.3 is 10.1 Å². The number of benzene rings is 1. The van der Waals surface area contributed by atoms with Gasteiger partial charge in [0.05, 0.1) is 29.2 Å². The first-order valence-corrected chi connectivity index (χ1v) is 6.52. The van der Waals surface area contributed by atoms with Crippen molar-refractivity contribution in [3.05, 3.63) is 40.1 Å². The molecule has 102 valence electrons. The summed E-state index contributed by atoms with van der Waals surface area (Å²) in [5.74, 6) is 0. The van der Waals surface area contributed by atoms with E-state index in [2.05, 4.69) is 15.6 Å². The first-order valence-electron chi connectivity index (χ1n) is 5.77. The molecular weight excluding hydrogens is 287 g/mol. The van der Waals surface area contributed by atoms with Crippen molar-refractivity contribution in [3.8, 4) is 5.69 Å². The van der Waals surface area contributed by atoms with Crippen LogP contribution in [0, 0.1) is 0 Å². The molecule has 0 fully saturated rings. The lowest BCUT2D eigenvalue weighted by Gasteiger charge is -2.03. The largest absolute Gasteiger partial charge is 0.383 e. The highest BCUT2D eigenvalue weighted by Gasteiger charge is 2.07. The molecule has 0 saturated carbocycles. The fourth-order valence-corrected chi connectivity index (χ4v) is 1.92. The topological polar surface area (TPSA) is 52.0 Å². The smallest absolute Gasteiger partial charge is 0.0969 e. The first-order chi connectivity index (χ1) is 9.20. The second-order valence-corrected chi connectivity index (χ2v) is 4.76. The molecule has 0 aliphatic rings. The van der Waals surface area contributed by atoms with Crippen LogP contribution >= 0.6 is 23.2 Å². The lowest BCUT2D eigenvalue weighted by molar-refractivity contribution is 0.199. The van der Waals surface area contributed by atoms with Crippen molar-refractivity contribution in [1.82, 2.24) is 20.3 Å². The summed E-state index contributed by atoms with van der Waals surface area (Å²) >= 11 is 12.1. The molecule has 0 aliphatic heterocycles. The van der Waals surface area contributed by atoms with Crippen LogP contribution in [0.2, 0.25) is 10.0 Å². The summed E-state index contributed by atoms with van der Waals surface area (Å²) in [6.45, 7) is 2.05. The molecule has 7 heteroatoms. The number of rotatable bonds is 6. The maximum atomic E-state index is 6.11. The predicted molar refractivity (Wildman–Crippen MR) is 75.0 cm³/mol. The van der Waals surface area contributed by atoms with E-state index in [1.807, 2.05) is 6.20 Å². The van der Waals surface area contributed by atoms with E-state index in [0.29, 0.717) is 28.9 Å². The maximum absolute atomic E-state index is 6.11. The van der Waals surface area contributed by atoms with Gasteiger partial charge in [0.1, 0.15) is 0 Å². The summed E-state index contributed by atoms with van der Waals surface area (Å²) in [5.41, 5.74) is 1.54. The molecule has 0 amide bonds. The maximum Gasteiger partial charge on any atom is 0.0969 e. The van der Waals surface area contributed by atoms with Crippen LogP contribution in [0.3, 0.4) is 0 Å². The SMILES string of the molecule is COCCNCc1cn(-c2cc(Cl)ccc2Cl)nn1. The summed E-state index contributed by atoms with van der Waals surface area (Å²) in [6, 6.07) is 5.22. The summed E-state index contributed by atoms with van der Waals surface area (Å²) in [7, 11) is 1.67. The van der Waals surface area contributed by atoms with Crippen LogP contribution in [-0.4, -0.2) is 35.3 Å². The van der Waals surface area contributed by atoms with Gasteiger partial charge in [-0.05, 0) is 18.2 Å². The van der Waals surface area contributed by atoms with Gasteiger partial charge in [0.25, 0.3) is 0 Å². The lowest BCUT2D eigenvalue weighted by atomic mass is 10.3. The molecule has 1 aromatic heterocycles. The van der Waals surface area contributed by atoms with E-state index >= 15 is 0 Å². The molecular formula is C12H14Cl2N4O. The second-order valence-electron chi connectivity index (χ2n) is 3.92. The monoisotopic (exact) mass is 300 g/mol. The highest BCUT2D eigenvalue weighted by Crippen LogP contribution is 2.23. The zero-order chi connectivity index (χ0) is 13.7. The Kier molecular flexibility index (Phi) is 5.15. The van der Waals surface area contributed by atoms with Gasteiger partial charge in [0, 0.05) is 25.2 Å². The van der Waals surface area contributed by atoms with Crippen molar-refractivity contribution in [2.75, 3.05) is 20.3 Å². The van der Waals surface area contributed by atoms with Gasteiger partial charge in [-0.2, -0.15) is 0 Å². The Bertz CT molecular complexity index is 544. The van der Waals surface area contributed by atoms with Crippen LogP contribution in [0.4, 0.5) is 0 Å². The van der Waals surface area contributed by atoms with Crippen molar-refractivity contribution >= 4 is 23.2 Å². The number of aromatic nitrogens is 3. The van der Waals surface area contributed by atoms with Crippen molar-refractivity contribution in [2.45, 2.75) is 6.54 Å². The fourth-order valence-electron chi connectivity index (χ4n) is 1.55. The minimum atomic E-state index is 0.577. The molecule has 0 saturated heterocycles. The molecule has 1 heterocycles. The molecule has 2 aromatic rings. The summed E-state index contributed by atoms with van der Waals surface area (Å²) in [5, 5.41) is 12.5. The number of ether oxygens (including phenoxy) is 1. The van der Waals surface area contributed by atoms with Gasteiger partial charge >= 0.3 is 0 Å². The molecule has 1 N–H and O–H groups in total. The third-order valence-corrected chi connectivity index (χ3v) is 3.04. The Morgan fingerprint density at radius 3 is 3.00 bits per heavy atom. The minimum Gasteiger partial charge on any atom is -0.383 e. The van der Waals surface area contributed by atoms with Gasteiger partial charge in [-0.1, -0.05) is 28.4 Å². The van der Waals surface area contributed by atoms with Crippen LogP contribution in [0.15, 0.2) is 24.4 Å². The second kappa shape index (κ2) is 6.86. The van der Waals surface area contributed by atoms with Gasteiger partial charge in [-0.25, -0.2) is 4.68 Å². The van der Waals surface area contributed by atoms with E-state index in [9.17, 15) is 0 Å². The van der Waals surface area contributed by atoms with Crippen molar-refractivity contribution in [3.63, 3.8) is 0 Å². The highest BCUT2D eigenvalue weighted by atomic mass is 35.5. The average molecular weight is 301 g/mol. The number of nitrogens with one attached hydrogen (secondary N) is 1. The molecule has 19 heavy (non-hydrogen) atoms.